The molecule has 1 aliphatic carbocycles. The molecule has 2 fully saturated rings. The van der Waals surface area contributed by atoms with Crippen LogP contribution in [0.15, 0.2) is 67.0 Å². The van der Waals surface area contributed by atoms with E-state index in [4.69, 9.17) is 15.5 Å². The van der Waals surface area contributed by atoms with Gasteiger partial charge in [0.2, 0.25) is 5.91 Å². The molecule has 0 radical (unpaired) electrons. The second-order valence-corrected chi connectivity index (χ2v) is 10.8. The Kier molecular flexibility index (Phi) is 7.20. The van der Waals surface area contributed by atoms with Gasteiger partial charge in [-0.25, -0.2) is 9.97 Å². The van der Waals surface area contributed by atoms with Crippen molar-refractivity contribution in [3.63, 3.8) is 0 Å². The third-order valence-corrected chi connectivity index (χ3v) is 8.12. The van der Waals surface area contributed by atoms with Crippen LogP contribution in [0.25, 0.3) is 16.8 Å². The average Bonchev–Trinajstić information content (AvgIpc) is 3.38. The van der Waals surface area contributed by atoms with Crippen molar-refractivity contribution >= 4 is 17.2 Å². The van der Waals surface area contributed by atoms with Gasteiger partial charge >= 0.3 is 0 Å². The molecule has 8 heteroatoms. The van der Waals surface area contributed by atoms with Crippen LogP contribution in [0.1, 0.15) is 55.8 Å². The van der Waals surface area contributed by atoms with Crippen LogP contribution in [-0.2, 0) is 11.4 Å². The maximum absolute atomic E-state index is 13.1. The molecular weight excluding hydrogens is 490 g/mol. The smallest absolute Gasteiger partial charge is 0.225 e. The number of aliphatic hydroxyl groups is 1. The van der Waals surface area contributed by atoms with Gasteiger partial charge in [0.05, 0.1) is 6.10 Å². The SMILES string of the molecule is Nc1nccn2c(C3CCC(C(=O)N4CCCC(O)C4)CC3)nc(-c3cccc(OCc4ccccc4)c3)c12. The Hall–Kier alpha value is -3.91. The number of β-amino-alcohol motifs (C(OH)–C–C–N with tert-alkyl or cyclic N) is 1. The minimum Gasteiger partial charge on any atom is -0.489 e. The van der Waals surface area contributed by atoms with Crippen molar-refractivity contribution in [3.05, 3.63) is 78.4 Å². The summed E-state index contributed by atoms with van der Waals surface area (Å²) in [6.07, 6.45) is 8.32. The van der Waals surface area contributed by atoms with Crippen molar-refractivity contribution in [2.45, 2.75) is 57.2 Å². The number of nitrogen functional groups attached to an aromatic ring is 1. The number of hydrogen-bond donors (Lipinski definition) is 2. The Morgan fingerprint density at radius 3 is 2.67 bits per heavy atom. The largest absolute Gasteiger partial charge is 0.489 e. The number of fused-ring (bicyclic) bond motifs is 1. The number of hydrogen-bond acceptors (Lipinski definition) is 6. The number of benzene rings is 2. The Morgan fingerprint density at radius 2 is 1.87 bits per heavy atom. The summed E-state index contributed by atoms with van der Waals surface area (Å²) < 4.78 is 8.15. The maximum atomic E-state index is 13.1. The predicted molar refractivity (Wildman–Crippen MR) is 150 cm³/mol. The first-order chi connectivity index (χ1) is 19.1. The Morgan fingerprint density at radius 1 is 1.05 bits per heavy atom. The van der Waals surface area contributed by atoms with Gasteiger partial charge in [-0.15, -0.1) is 0 Å². The second kappa shape index (κ2) is 11.1. The number of carbonyl (C=O) groups is 1. The van der Waals surface area contributed by atoms with E-state index < -0.39 is 6.10 Å². The Labute approximate surface area is 228 Å². The van der Waals surface area contributed by atoms with E-state index in [1.807, 2.05) is 65.7 Å². The van der Waals surface area contributed by atoms with Crippen molar-refractivity contribution in [3.8, 4) is 17.0 Å². The van der Waals surface area contributed by atoms with Crippen molar-refractivity contribution in [2.24, 2.45) is 5.92 Å². The lowest BCUT2D eigenvalue weighted by atomic mass is 9.80. The van der Waals surface area contributed by atoms with Gasteiger partial charge in [-0.2, -0.15) is 0 Å². The second-order valence-electron chi connectivity index (χ2n) is 10.8. The maximum Gasteiger partial charge on any atom is 0.225 e. The summed E-state index contributed by atoms with van der Waals surface area (Å²) >= 11 is 0. The molecule has 3 N–H and O–H groups in total. The van der Waals surface area contributed by atoms with Gasteiger partial charge in [-0.1, -0.05) is 42.5 Å². The molecule has 6 rings (SSSR count). The molecule has 1 unspecified atom stereocenters. The summed E-state index contributed by atoms with van der Waals surface area (Å²) in [5.41, 5.74) is 10.0. The summed E-state index contributed by atoms with van der Waals surface area (Å²) in [5, 5.41) is 10.0. The van der Waals surface area contributed by atoms with Crippen LogP contribution in [0.5, 0.6) is 5.75 Å². The molecule has 1 saturated carbocycles. The molecule has 1 saturated heterocycles. The quantitative estimate of drug-likeness (QED) is 0.374. The van der Waals surface area contributed by atoms with E-state index in [1.165, 1.54) is 0 Å². The molecule has 1 amide bonds. The first kappa shape index (κ1) is 25.4. The van der Waals surface area contributed by atoms with E-state index in [0.717, 1.165) is 79.0 Å². The first-order valence-corrected chi connectivity index (χ1v) is 13.9. The highest BCUT2D eigenvalue weighted by Gasteiger charge is 2.34. The number of piperidine rings is 1. The Bertz CT molecular complexity index is 1450. The lowest BCUT2D eigenvalue weighted by Crippen LogP contribution is -2.45. The third kappa shape index (κ3) is 5.34. The minimum atomic E-state index is -0.393. The number of rotatable bonds is 6. The fourth-order valence-electron chi connectivity index (χ4n) is 6.06. The number of amides is 1. The molecule has 8 nitrogen and oxygen atoms in total. The molecule has 202 valence electrons. The summed E-state index contributed by atoms with van der Waals surface area (Å²) in [5.74, 6) is 2.60. The van der Waals surface area contributed by atoms with Gasteiger partial charge in [0.15, 0.2) is 0 Å². The summed E-state index contributed by atoms with van der Waals surface area (Å²) in [7, 11) is 0. The number of anilines is 1. The molecule has 0 bridgehead atoms. The lowest BCUT2D eigenvalue weighted by Gasteiger charge is -2.35. The number of aromatic nitrogens is 3. The van der Waals surface area contributed by atoms with Crippen molar-refractivity contribution in [1.82, 2.24) is 19.3 Å². The number of nitrogens with zero attached hydrogens (tertiary/aromatic N) is 4. The highest BCUT2D eigenvalue weighted by molar-refractivity contribution is 5.85. The van der Waals surface area contributed by atoms with Crippen LogP contribution in [0.2, 0.25) is 0 Å². The van der Waals surface area contributed by atoms with Gasteiger partial charge in [-0.3, -0.25) is 9.20 Å². The minimum absolute atomic E-state index is 0.0161. The zero-order chi connectivity index (χ0) is 26.8. The molecule has 2 aromatic carbocycles. The highest BCUT2D eigenvalue weighted by Crippen LogP contribution is 2.39. The zero-order valence-corrected chi connectivity index (χ0v) is 22.1. The van der Waals surface area contributed by atoms with Crippen molar-refractivity contribution in [1.29, 1.82) is 0 Å². The van der Waals surface area contributed by atoms with Gasteiger partial charge in [0.25, 0.3) is 0 Å². The predicted octanol–water partition coefficient (Wildman–Crippen LogP) is 4.81. The van der Waals surface area contributed by atoms with Crippen LogP contribution in [0.4, 0.5) is 5.82 Å². The van der Waals surface area contributed by atoms with E-state index in [-0.39, 0.29) is 17.7 Å². The van der Waals surface area contributed by atoms with Crippen molar-refractivity contribution in [2.75, 3.05) is 18.8 Å². The normalized spacial score (nSPS) is 21.7. The van der Waals surface area contributed by atoms with Gasteiger partial charge in [0, 0.05) is 42.9 Å². The lowest BCUT2D eigenvalue weighted by molar-refractivity contribution is -0.139. The fourth-order valence-corrected chi connectivity index (χ4v) is 6.06. The van der Waals surface area contributed by atoms with E-state index in [1.54, 1.807) is 6.20 Å². The zero-order valence-electron chi connectivity index (χ0n) is 22.1. The van der Waals surface area contributed by atoms with E-state index in [9.17, 15) is 9.90 Å². The highest BCUT2D eigenvalue weighted by atomic mass is 16.5. The Balaban J connectivity index is 1.22. The molecule has 0 spiro atoms. The summed E-state index contributed by atoms with van der Waals surface area (Å²) in [6.45, 7) is 1.71. The third-order valence-electron chi connectivity index (χ3n) is 8.12. The molecule has 1 aliphatic heterocycles. The van der Waals surface area contributed by atoms with Gasteiger partial charge in [-0.05, 0) is 56.2 Å². The molecule has 2 aliphatic rings. The van der Waals surface area contributed by atoms with Crippen LogP contribution in [0, 0.1) is 5.92 Å². The van der Waals surface area contributed by atoms with Crippen molar-refractivity contribution < 1.29 is 14.6 Å². The number of carbonyl (C=O) groups excluding carboxylic acids is 1. The molecule has 39 heavy (non-hydrogen) atoms. The van der Waals surface area contributed by atoms with Crippen LogP contribution in [0.3, 0.4) is 0 Å². The van der Waals surface area contributed by atoms with Crippen LogP contribution in [-0.4, -0.2) is 49.5 Å². The number of likely N-dealkylation sites (tertiary alicyclic amines) is 1. The molecule has 2 aromatic heterocycles. The standard InChI is InChI=1S/C31H35N5O3/c32-29-28-27(24-8-4-10-26(18-24)39-20-21-6-2-1-3-7-21)34-30(36(28)17-15-33-29)22-11-13-23(14-12-22)31(38)35-16-5-9-25(37)19-35/h1-4,6-8,10,15,17-18,22-23,25,37H,5,9,11-14,16,19-20H2,(H2,32,33). The van der Waals surface area contributed by atoms with Crippen LogP contribution < -0.4 is 10.5 Å². The summed E-state index contributed by atoms with van der Waals surface area (Å²) in [4.78, 5) is 24.5. The van der Waals surface area contributed by atoms with E-state index >= 15 is 0 Å². The molecular formula is C31H35N5O3. The van der Waals surface area contributed by atoms with Crippen LogP contribution >= 0.6 is 0 Å². The summed E-state index contributed by atoms with van der Waals surface area (Å²) in [6, 6.07) is 18.0. The fraction of sp³-hybridized carbons (Fsp3) is 0.387. The molecule has 1 atom stereocenters. The van der Waals surface area contributed by atoms with E-state index in [2.05, 4.69) is 9.38 Å². The average molecular weight is 526 g/mol. The molecule has 3 heterocycles. The number of imidazole rings is 1. The first-order valence-electron chi connectivity index (χ1n) is 13.9. The number of nitrogens with two attached hydrogens (primary N) is 1. The van der Waals surface area contributed by atoms with Gasteiger partial charge in [0.1, 0.15) is 35.2 Å². The van der Waals surface area contributed by atoms with E-state index in [0.29, 0.717) is 19.0 Å². The topological polar surface area (TPSA) is 106 Å². The molecule has 4 aromatic rings. The number of ether oxygens (including phenoxy) is 1. The van der Waals surface area contributed by atoms with Gasteiger partial charge < -0.3 is 20.5 Å². The number of aliphatic hydroxyl groups excluding tert-OH is 1. The monoisotopic (exact) mass is 525 g/mol.